The van der Waals surface area contributed by atoms with Crippen LogP contribution in [0.2, 0.25) is 0 Å². The van der Waals surface area contributed by atoms with Crippen LogP contribution in [-0.4, -0.2) is 10.8 Å². The molecule has 5 rings (SSSR count). The number of para-hydroxylation sites is 1. The van der Waals surface area contributed by atoms with E-state index in [2.05, 4.69) is 34.3 Å². The molecule has 3 heteroatoms. The van der Waals surface area contributed by atoms with Gasteiger partial charge in [0.05, 0.1) is 11.6 Å². The first-order chi connectivity index (χ1) is 15.8. The normalized spacial score (nSPS) is 11.6. The fraction of sp³-hybridized carbons (Fsp3) is 0.0690. The number of ketones is 1. The molecule has 0 amide bonds. The van der Waals surface area contributed by atoms with Gasteiger partial charge in [-0.3, -0.25) is 4.79 Å². The molecule has 32 heavy (non-hydrogen) atoms. The van der Waals surface area contributed by atoms with Gasteiger partial charge >= 0.3 is 0 Å². The molecule has 0 aliphatic carbocycles. The molecule has 0 saturated heterocycles. The van der Waals surface area contributed by atoms with Crippen molar-refractivity contribution in [2.24, 2.45) is 0 Å². The third-order valence-corrected chi connectivity index (χ3v) is 6.42. The number of nitrogens with one attached hydrogen (secondary N) is 1. The lowest BCUT2D eigenvalue weighted by atomic mass is 9.92. The van der Waals surface area contributed by atoms with Crippen LogP contribution in [0.5, 0.6) is 0 Å². The zero-order chi connectivity index (χ0) is 21.8. The average Bonchev–Trinajstić information content (AvgIpc) is 3.50. The number of hydrogen-bond donors (Lipinski definition) is 1. The molecule has 2 aromatic heterocycles. The summed E-state index contributed by atoms with van der Waals surface area (Å²) in [6.07, 6.45) is 0.351. The van der Waals surface area contributed by atoms with Gasteiger partial charge in [-0.25, -0.2) is 0 Å². The molecule has 1 N–H and O–H groups in total. The molecule has 0 aliphatic heterocycles. The minimum absolute atomic E-state index is 0.0745. The summed E-state index contributed by atoms with van der Waals surface area (Å²) in [6.45, 7) is 0. The van der Waals surface area contributed by atoms with E-state index in [-0.39, 0.29) is 11.7 Å². The number of fused-ring (bicyclic) bond motifs is 1. The summed E-state index contributed by atoms with van der Waals surface area (Å²) >= 11 is 1.67. The lowest BCUT2D eigenvalue weighted by Crippen LogP contribution is -2.09. The Labute approximate surface area is 191 Å². The Balaban J connectivity index is 1.65. The predicted octanol–water partition coefficient (Wildman–Crippen LogP) is 6.84. The van der Waals surface area contributed by atoms with E-state index in [1.54, 1.807) is 11.3 Å². The molecule has 154 valence electrons. The molecule has 0 spiro atoms. The van der Waals surface area contributed by atoms with Gasteiger partial charge in [0.2, 0.25) is 0 Å². The van der Waals surface area contributed by atoms with Crippen molar-refractivity contribution in [3.05, 3.63) is 130 Å². The molecule has 0 bridgehead atoms. The van der Waals surface area contributed by atoms with Crippen LogP contribution < -0.4 is 0 Å². The van der Waals surface area contributed by atoms with Crippen molar-refractivity contribution in [3.63, 3.8) is 0 Å². The third-order valence-electron chi connectivity index (χ3n) is 5.48. The van der Waals surface area contributed by atoms with E-state index in [9.17, 15) is 4.79 Å². The van der Waals surface area contributed by atoms with Gasteiger partial charge in [0.25, 0.3) is 0 Å². The van der Waals surface area contributed by atoms with Gasteiger partial charge in [-0.2, -0.15) is 0 Å². The highest BCUT2D eigenvalue weighted by molar-refractivity contribution is 7.10. The fourth-order valence-corrected chi connectivity index (χ4v) is 4.76. The van der Waals surface area contributed by atoms with Crippen LogP contribution in [0.4, 0.5) is 0 Å². The number of H-pyrrole nitrogens is 1. The maximum absolute atomic E-state index is 13.5. The largest absolute Gasteiger partial charge is 0.352 e. The average molecular weight is 432 g/mol. The van der Waals surface area contributed by atoms with Crippen LogP contribution in [0.25, 0.3) is 10.9 Å². The standard InChI is InChI=1S/C29H21NOS/c31-26(20-22-12-5-2-6-13-22)29-28(23-14-7-8-15-25(23)30-29)24(27-16-9-19-32-27)18-17-21-10-3-1-4-11-21/h1-16,19,24,30H,20H2. The van der Waals surface area contributed by atoms with Gasteiger partial charge in [0.1, 0.15) is 0 Å². The highest BCUT2D eigenvalue weighted by atomic mass is 32.1. The van der Waals surface area contributed by atoms with E-state index in [1.165, 1.54) is 0 Å². The van der Waals surface area contributed by atoms with E-state index in [0.717, 1.165) is 32.5 Å². The summed E-state index contributed by atoms with van der Waals surface area (Å²) in [4.78, 5) is 18.0. The first kappa shape index (κ1) is 20.1. The second-order valence-corrected chi connectivity index (χ2v) is 8.61. The molecule has 5 aromatic rings. The Morgan fingerprint density at radius 1 is 0.844 bits per heavy atom. The summed E-state index contributed by atoms with van der Waals surface area (Å²) < 4.78 is 0. The molecule has 2 nitrogen and oxygen atoms in total. The minimum atomic E-state index is -0.193. The smallest absolute Gasteiger partial charge is 0.183 e. The van der Waals surface area contributed by atoms with Crippen LogP contribution in [-0.2, 0) is 6.42 Å². The van der Waals surface area contributed by atoms with Gasteiger partial charge in [-0.1, -0.05) is 84.6 Å². The zero-order valence-corrected chi connectivity index (χ0v) is 18.2. The minimum Gasteiger partial charge on any atom is -0.352 e. The fourth-order valence-electron chi connectivity index (χ4n) is 3.97. The number of aromatic nitrogens is 1. The van der Waals surface area contributed by atoms with Crippen molar-refractivity contribution < 1.29 is 4.79 Å². The molecule has 1 atom stereocenters. The second kappa shape index (κ2) is 9.09. The number of carbonyl (C=O) groups excluding carboxylic acids is 1. The summed E-state index contributed by atoms with van der Waals surface area (Å²) in [5.74, 6) is 6.69. The Bertz CT molecular complexity index is 1400. The molecular formula is C29H21NOS. The quantitative estimate of drug-likeness (QED) is 0.240. The highest BCUT2D eigenvalue weighted by Gasteiger charge is 2.25. The van der Waals surface area contributed by atoms with Gasteiger partial charge < -0.3 is 4.98 Å². The summed E-state index contributed by atoms with van der Waals surface area (Å²) in [5.41, 5.74) is 4.54. The number of hydrogen-bond acceptors (Lipinski definition) is 2. The zero-order valence-electron chi connectivity index (χ0n) is 17.4. The maximum atomic E-state index is 13.5. The molecule has 0 fully saturated rings. The molecule has 0 aliphatic rings. The van der Waals surface area contributed by atoms with Gasteiger partial charge in [0.15, 0.2) is 5.78 Å². The third kappa shape index (κ3) is 4.14. The molecular weight excluding hydrogens is 410 g/mol. The molecule has 3 aromatic carbocycles. The number of benzene rings is 3. The number of aromatic amines is 1. The number of thiophene rings is 1. The SMILES string of the molecule is O=C(Cc1ccccc1)c1[nH]c2ccccc2c1C(C#Cc1ccccc1)c1cccs1. The van der Waals surface area contributed by atoms with Crippen LogP contribution in [0, 0.1) is 11.8 Å². The van der Waals surface area contributed by atoms with E-state index in [4.69, 9.17) is 0 Å². The van der Waals surface area contributed by atoms with Crippen molar-refractivity contribution in [1.29, 1.82) is 0 Å². The lowest BCUT2D eigenvalue weighted by molar-refractivity contribution is 0.0988. The van der Waals surface area contributed by atoms with Crippen molar-refractivity contribution in [2.45, 2.75) is 12.3 Å². The van der Waals surface area contributed by atoms with Crippen LogP contribution >= 0.6 is 11.3 Å². The van der Waals surface area contributed by atoms with E-state index < -0.39 is 0 Å². The monoisotopic (exact) mass is 431 g/mol. The van der Waals surface area contributed by atoms with Crippen molar-refractivity contribution in [3.8, 4) is 11.8 Å². The molecule has 2 heterocycles. The number of rotatable bonds is 5. The predicted molar refractivity (Wildman–Crippen MR) is 132 cm³/mol. The first-order valence-corrected chi connectivity index (χ1v) is 11.5. The highest BCUT2D eigenvalue weighted by Crippen LogP contribution is 2.36. The van der Waals surface area contributed by atoms with Crippen molar-refractivity contribution in [2.75, 3.05) is 0 Å². The Morgan fingerprint density at radius 2 is 1.56 bits per heavy atom. The van der Waals surface area contributed by atoms with E-state index >= 15 is 0 Å². The van der Waals surface area contributed by atoms with Gasteiger partial charge in [-0.15, -0.1) is 11.3 Å². The summed E-state index contributed by atoms with van der Waals surface area (Å²) in [7, 11) is 0. The summed E-state index contributed by atoms with van der Waals surface area (Å²) in [6, 6.07) is 32.1. The molecule has 1 unspecified atom stereocenters. The van der Waals surface area contributed by atoms with Crippen LogP contribution in [0.15, 0.2) is 102 Å². The number of Topliss-reactive ketones (excluding diaryl/α,β-unsaturated/α-hetero) is 1. The van der Waals surface area contributed by atoms with Crippen LogP contribution in [0.3, 0.4) is 0 Å². The first-order valence-electron chi connectivity index (χ1n) is 10.6. The molecule has 0 radical (unpaired) electrons. The van der Waals surface area contributed by atoms with Gasteiger partial charge in [0, 0.05) is 33.3 Å². The van der Waals surface area contributed by atoms with Crippen molar-refractivity contribution in [1.82, 2.24) is 4.98 Å². The number of carbonyl (C=O) groups is 1. The van der Waals surface area contributed by atoms with E-state index in [0.29, 0.717) is 12.1 Å². The second-order valence-electron chi connectivity index (χ2n) is 7.63. The van der Waals surface area contributed by atoms with E-state index in [1.807, 2.05) is 84.9 Å². The Hall–Kier alpha value is -3.87. The summed E-state index contributed by atoms with van der Waals surface area (Å²) in [5, 5.41) is 3.11. The van der Waals surface area contributed by atoms with Crippen LogP contribution in [0.1, 0.15) is 38.0 Å². The maximum Gasteiger partial charge on any atom is 0.183 e. The molecule has 0 saturated carbocycles. The Kier molecular flexibility index (Phi) is 5.70. The topological polar surface area (TPSA) is 32.9 Å². The Morgan fingerprint density at radius 3 is 2.31 bits per heavy atom. The van der Waals surface area contributed by atoms with Crippen molar-refractivity contribution >= 4 is 28.0 Å². The lowest BCUT2D eigenvalue weighted by Gasteiger charge is -2.12. The van der Waals surface area contributed by atoms with Gasteiger partial charge in [-0.05, 0) is 35.2 Å².